The summed E-state index contributed by atoms with van der Waals surface area (Å²) in [5.41, 5.74) is 1.68. The summed E-state index contributed by atoms with van der Waals surface area (Å²) in [7, 11) is -3.32. The molecule has 0 saturated heterocycles. The Labute approximate surface area is 186 Å². The van der Waals surface area contributed by atoms with Crippen LogP contribution in [-0.2, 0) is 16.3 Å². The van der Waals surface area contributed by atoms with Crippen LogP contribution in [-0.4, -0.2) is 46.6 Å². The van der Waals surface area contributed by atoms with Crippen LogP contribution in [0.4, 0.5) is 4.39 Å². The predicted molar refractivity (Wildman–Crippen MR) is 119 cm³/mol. The minimum Gasteiger partial charge on any atom is -0.393 e. The number of sulfone groups is 1. The molecule has 1 saturated carbocycles. The Bertz CT molecular complexity index is 1200. The van der Waals surface area contributed by atoms with Gasteiger partial charge in [-0.15, -0.1) is 0 Å². The summed E-state index contributed by atoms with van der Waals surface area (Å²) in [5, 5.41) is 20.7. The number of benzene rings is 2. The molecule has 8 heteroatoms. The number of aliphatic hydroxyl groups is 2. The van der Waals surface area contributed by atoms with Crippen molar-refractivity contribution in [2.45, 2.75) is 48.7 Å². The van der Waals surface area contributed by atoms with Gasteiger partial charge >= 0.3 is 0 Å². The smallest absolute Gasteiger partial charge is 0.175 e. The van der Waals surface area contributed by atoms with Gasteiger partial charge in [0.15, 0.2) is 9.84 Å². The molecule has 0 amide bonds. The molecular formula is C24H25FN2O4S. The maximum atomic E-state index is 13.5. The molecule has 2 N–H and O–H groups in total. The van der Waals surface area contributed by atoms with E-state index in [4.69, 9.17) is 4.98 Å². The summed E-state index contributed by atoms with van der Waals surface area (Å²) in [6, 6.07) is 12.4. The summed E-state index contributed by atoms with van der Waals surface area (Å²) in [6.07, 6.45) is 4.68. The summed E-state index contributed by atoms with van der Waals surface area (Å²) in [5.74, 6) is 0.0943. The Balaban J connectivity index is 1.74. The lowest BCUT2D eigenvalue weighted by atomic mass is 9.81. The van der Waals surface area contributed by atoms with E-state index in [-0.39, 0.29) is 23.2 Å². The van der Waals surface area contributed by atoms with E-state index in [1.54, 1.807) is 30.5 Å². The van der Waals surface area contributed by atoms with Crippen molar-refractivity contribution in [3.63, 3.8) is 0 Å². The maximum Gasteiger partial charge on any atom is 0.175 e. The fourth-order valence-electron chi connectivity index (χ4n) is 4.04. The number of hydrogen-bond acceptors (Lipinski definition) is 6. The molecule has 168 valence electrons. The van der Waals surface area contributed by atoms with E-state index in [0.717, 1.165) is 11.8 Å². The lowest BCUT2D eigenvalue weighted by Gasteiger charge is -2.33. The minimum absolute atomic E-state index is 0.212. The molecule has 0 bridgehead atoms. The monoisotopic (exact) mass is 456 g/mol. The van der Waals surface area contributed by atoms with Crippen molar-refractivity contribution in [3.8, 4) is 22.4 Å². The molecule has 2 aromatic carbocycles. The Morgan fingerprint density at radius 2 is 1.62 bits per heavy atom. The molecule has 1 heterocycles. The maximum absolute atomic E-state index is 13.5. The number of aromatic nitrogens is 2. The third kappa shape index (κ3) is 5.03. The van der Waals surface area contributed by atoms with Crippen LogP contribution in [0.1, 0.15) is 31.5 Å². The van der Waals surface area contributed by atoms with Crippen LogP contribution in [0, 0.1) is 5.82 Å². The largest absolute Gasteiger partial charge is 0.393 e. The van der Waals surface area contributed by atoms with Gasteiger partial charge in [-0.3, -0.25) is 0 Å². The van der Waals surface area contributed by atoms with Crippen LogP contribution in [0.25, 0.3) is 22.4 Å². The van der Waals surface area contributed by atoms with E-state index in [1.165, 1.54) is 24.3 Å². The van der Waals surface area contributed by atoms with Crippen LogP contribution in [0.2, 0.25) is 0 Å². The molecule has 32 heavy (non-hydrogen) atoms. The van der Waals surface area contributed by atoms with Crippen LogP contribution in [0.5, 0.6) is 0 Å². The van der Waals surface area contributed by atoms with Crippen LogP contribution < -0.4 is 0 Å². The summed E-state index contributed by atoms with van der Waals surface area (Å²) in [4.78, 5) is 9.38. The molecule has 0 spiro atoms. The SMILES string of the molecule is CS(=O)(=O)c1ccc(-c2cnc(CC3(O)CCC(O)CC3)nc2-c2ccc(F)cc2)cc1. The average Bonchev–Trinajstić information content (AvgIpc) is 2.76. The number of nitrogens with zero attached hydrogens (tertiary/aromatic N) is 2. The second-order valence-corrected chi connectivity index (χ2v) is 10.5. The van der Waals surface area contributed by atoms with Crippen LogP contribution in [0.3, 0.4) is 0 Å². The zero-order valence-corrected chi connectivity index (χ0v) is 18.5. The van der Waals surface area contributed by atoms with Gasteiger partial charge in [0.2, 0.25) is 0 Å². The van der Waals surface area contributed by atoms with Crippen molar-refractivity contribution < 1.29 is 23.0 Å². The molecule has 0 atom stereocenters. The van der Waals surface area contributed by atoms with E-state index >= 15 is 0 Å². The third-order valence-electron chi connectivity index (χ3n) is 5.92. The molecule has 0 unspecified atom stereocenters. The second kappa shape index (κ2) is 8.69. The zero-order valence-electron chi connectivity index (χ0n) is 17.7. The standard InChI is InChI=1S/C24H25FN2O4S/c1-32(30,31)20-8-4-16(5-9-20)21-15-26-22(14-24(29)12-10-19(28)11-13-24)27-23(21)17-2-6-18(25)7-3-17/h2-9,15,19,28-29H,10-14H2,1H3. The Hall–Kier alpha value is -2.68. The molecule has 0 radical (unpaired) electrons. The Kier molecular flexibility index (Phi) is 6.11. The van der Waals surface area contributed by atoms with Gasteiger partial charge in [0.05, 0.1) is 22.3 Å². The molecular weight excluding hydrogens is 431 g/mol. The molecule has 1 fully saturated rings. The van der Waals surface area contributed by atoms with E-state index in [1.807, 2.05) is 0 Å². The molecule has 1 aromatic heterocycles. The first kappa shape index (κ1) is 22.5. The Morgan fingerprint density at radius 1 is 1.03 bits per heavy atom. The topological polar surface area (TPSA) is 100 Å². The molecule has 0 aliphatic heterocycles. The van der Waals surface area contributed by atoms with Gasteiger partial charge in [-0.05, 0) is 67.6 Å². The normalized spacial score (nSPS) is 21.4. The average molecular weight is 457 g/mol. The summed E-state index contributed by atoms with van der Waals surface area (Å²) in [6.45, 7) is 0. The lowest BCUT2D eigenvalue weighted by molar-refractivity contribution is -0.0323. The van der Waals surface area contributed by atoms with Gasteiger partial charge in [0, 0.05) is 30.0 Å². The van der Waals surface area contributed by atoms with Gasteiger partial charge in [-0.1, -0.05) is 12.1 Å². The van der Waals surface area contributed by atoms with Gasteiger partial charge in [-0.2, -0.15) is 0 Å². The van der Waals surface area contributed by atoms with Crippen molar-refractivity contribution in [2.24, 2.45) is 0 Å². The van der Waals surface area contributed by atoms with Crippen molar-refractivity contribution in [3.05, 3.63) is 66.4 Å². The van der Waals surface area contributed by atoms with Gasteiger partial charge in [0.1, 0.15) is 11.6 Å². The highest BCUT2D eigenvalue weighted by Crippen LogP contribution is 2.34. The predicted octanol–water partition coefficient (Wildman–Crippen LogP) is 3.56. The molecule has 3 aromatic rings. The summed E-state index contributed by atoms with van der Waals surface area (Å²) < 4.78 is 37.1. The minimum atomic E-state index is -3.32. The zero-order chi connectivity index (χ0) is 22.9. The van der Waals surface area contributed by atoms with Crippen molar-refractivity contribution >= 4 is 9.84 Å². The van der Waals surface area contributed by atoms with E-state index < -0.39 is 15.4 Å². The van der Waals surface area contributed by atoms with Crippen molar-refractivity contribution in [1.29, 1.82) is 0 Å². The first-order valence-electron chi connectivity index (χ1n) is 10.5. The number of aliphatic hydroxyl groups excluding tert-OH is 1. The van der Waals surface area contributed by atoms with E-state index in [9.17, 15) is 23.0 Å². The van der Waals surface area contributed by atoms with Gasteiger partial charge in [0.25, 0.3) is 0 Å². The van der Waals surface area contributed by atoms with Gasteiger partial charge < -0.3 is 10.2 Å². The van der Waals surface area contributed by atoms with Crippen LogP contribution in [0.15, 0.2) is 59.6 Å². The number of rotatable bonds is 5. The number of hydrogen-bond donors (Lipinski definition) is 2. The molecule has 1 aliphatic rings. The highest BCUT2D eigenvalue weighted by atomic mass is 32.2. The third-order valence-corrected chi connectivity index (χ3v) is 7.05. The molecule has 4 rings (SSSR count). The van der Waals surface area contributed by atoms with Gasteiger partial charge in [-0.25, -0.2) is 22.8 Å². The fourth-order valence-corrected chi connectivity index (χ4v) is 4.67. The first-order chi connectivity index (χ1) is 15.1. The quantitative estimate of drug-likeness (QED) is 0.609. The van der Waals surface area contributed by atoms with E-state index in [0.29, 0.717) is 48.3 Å². The second-order valence-electron chi connectivity index (χ2n) is 8.48. The highest BCUT2D eigenvalue weighted by molar-refractivity contribution is 7.90. The van der Waals surface area contributed by atoms with Crippen molar-refractivity contribution in [2.75, 3.05) is 6.26 Å². The fraction of sp³-hybridized carbons (Fsp3) is 0.333. The highest BCUT2D eigenvalue weighted by Gasteiger charge is 2.33. The number of halogens is 1. The van der Waals surface area contributed by atoms with E-state index in [2.05, 4.69) is 4.98 Å². The molecule has 6 nitrogen and oxygen atoms in total. The lowest BCUT2D eigenvalue weighted by Crippen LogP contribution is -2.38. The Morgan fingerprint density at radius 3 is 2.22 bits per heavy atom. The summed E-state index contributed by atoms with van der Waals surface area (Å²) >= 11 is 0. The first-order valence-corrected chi connectivity index (χ1v) is 12.3. The van der Waals surface area contributed by atoms with Crippen LogP contribution >= 0.6 is 0 Å². The molecule has 1 aliphatic carbocycles. The van der Waals surface area contributed by atoms with Crippen molar-refractivity contribution in [1.82, 2.24) is 9.97 Å².